The van der Waals surface area contributed by atoms with Crippen molar-refractivity contribution in [2.45, 2.75) is 0 Å². The number of nitrogens with one attached hydrogen (secondary N) is 2. The van der Waals surface area contributed by atoms with Gasteiger partial charge in [-0.05, 0) is 0 Å². The minimum Gasteiger partial charge on any atom is -0.379 e. The lowest BCUT2D eigenvalue weighted by atomic mass is 10.5. The number of nitrogens with zero attached hydrogens (tertiary/aromatic N) is 1. The predicted molar refractivity (Wildman–Crippen MR) is 34.0 cm³/mol. The number of amides is 2. The molecule has 1 radical (unpaired) electrons. The maximum absolute atomic E-state index is 10.2. The van der Waals surface area contributed by atoms with Crippen LogP contribution in [0.5, 0.6) is 0 Å². The highest BCUT2D eigenvalue weighted by Gasteiger charge is 2.10. The van der Waals surface area contributed by atoms with Crippen molar-refractivity contribution in [2.24, 2.45) is 0 Å². The van der Waals surface area contributed by atoms with Crippen molar-refractivity contribution in [3.63, 3.8) is 0 Å². The van der Waals surface area contributed by atoms with Gasteiger partial charge in [-0.2, -0.15) is 0 Å². The van der Waals surface area contributed by atoms with Gasteiger partial charge in [0.25, 0.3) is 0 Å². The Morgan fingerprint density at radius 3 is 2.60 bits per heavy atom. The van der Waals surface area contributed by atoms with E-state index in [9.17, 15) is 4.79 Å². The van der Waals surface area contributed by atoms with Gasteiger partial charge in [0.05, 0.1) is 13.2 Å². The third-order valence-electron chi connectivity index (χ3n) is 1.27. The van der Waals surface area contributed by atoms with Gasteiger partial charge < -0.3 is 4.74 Å². The summed E-state index contributed by atoms with van der Waals surface area (Å²) in [5.41, 5.74) is 8.94. The molecule has 1 heterocycles. The molecule has 2 amide bonds. The van der Waals surface area contributed by atoms with E-state index >= 15 is 0 Å². The van der Waals surface area contributed by atoms with Crippen LogP contribution in [-0.4, -0.2) is 37.3 Å². The van der Waals surface area contributed by atoms with E-state index in [1.165, 1.54) is 0 Å². The van der Waals surface area contributed by atoms with E-state index < -0.39 is 6.03 Å². The molecule has 1 aliphatic rings. The van der Waals surface area contributed by atoms with E-state index in [1.54, 1.807) is 5.01 Å². The summed E-state index contributed by atoms with van der Waals surface area (Å²) < 4.78 is 5.03. The second-order valence-electron chi connectivity index (χ2n) is 2.04. The van der Waals surface area contributed by atoms with Gasteiger partial charge in [0.1, 0.15) is 0 Å². The van der Waals surface area contributed by atoms with E-state index in [4.69, 9.17) is 10.5 Å². The first-order chi connectivity index (χ1) is 4.79. The highest BCUT2D eigenvalue weighted by atomic mass is 16.5. The van der Waals surface area contributed by atoms with E-state index in [0.29, 0.717) is 26.3 Å². The first kappa shape index (κ1) is 7.30. The number of ether oxygens (including phenoxy) is 1. The number of urea groups is 1. The highest BCUT2D eigenvalue weighted by molar-refractivity contribution is 5.70. The SMILES string of the molecule is [NH]C(=O)NN1CCOCC1. The Morgan fingerprint density at radius 2 is 2.10 bits per heavy atom. The van der Waals surface area contributed by atoms with Crippen LogP contribution in [-0.2, 0) is 4.74 Å². The summed E-state index contributed by atoms with van der Waals surface area (Å²) in [6.07, 6.45) is 0. The summed E-state index contributed by atoms with van der Waals surface area (Å²) in [5, 5.41) is 1.68. The Bertz CT molecular complexity index is 122. The maximum Gasteiger partial charge on any atom is 0.348 e. The molecule has 0 aliphatic carbocycles. The van der Waals surface area contributed by atoms with Crippen LogP contribution in [0.2, 0.25) is 0 Å². The molecule has 0 aromatic rings. The van der Waals surface area contributed by atoms with E-state index in [0.717, 1.165) is 0 Å². The fourth-order valence-electron chi connectivity index (χ4n) is 0.819. The number of rotatable bonds is 1. The van der Waals surface area contributed by atoms with Crippen molar-refractivity contribution in [3.05, 3.63) is 0 Å². The Kier molecular flexibility index (Phi) is 2.47. The molecule has 0 spiro atoms. The second-order valence-corrected chi connectivity index (χ2v) is 2.04. The zero-order valence-corrected chi connectivity index (χ0v) is 5.59. The summed E-state index contributed by atoms with van der Waals surface area (Å²) >= 11 is 0. The lowest BCUT2D eigenvalue weighted by molar-refractivity contribution is 0.0202. The molecule has 57 valence electrons. The molecule has 0 aromatic carbocycles. The van der Waals surface area contributed by atoms with E-state index in [1.807, 2.05) is 0 Å². The van der Waals surface area contributed by atoms with Crippen LogP contribution >= 0.6 is 0 Å². The van der Waals surface area contributed by atoms with E-state index in [-0.39, 0.29) is 0 Å². The quantitative estimate of drug-likeness (QED) is 0.525. The molecular formula is C5H10N3O2. The fraction of sp³-hybridized carbons (Fsp3) is 0.800. The molecule has 0 aromatic heterocycles. The van der Waals surface area contributed by atoms with Gasteiger partial charge in [0.15, 0.2) is 0 Å². The lowest BCUT2D eigenvalue weighted by Gasteiger charge is -2.25. The van der Waals surface area contributed by atoms with Gasteiger partial charge in [0, 0.05) is 13.1 Å². The van der Waals surface area contributed by atoms with Gasteiger partial charge in [-0.3, -0.25) is 5.43 Å². The standard InChI is InChI=1S/C5H10N3O2/c6-5(9)7-8-1-3-10-4-2-8/h6H,1-4H2,(H,7,9). The average molecular weight is 144 g/mol. The summed E-state index contributed by atoms with van der Waals surface area (Å²) in [6, 6.07) is -0.762. The van der Waals surface area contributed by atoms with Crippen molar-refractivity contribution in [2.75, 3.05) is 26.3 Å². The maximum atomic E-state index is 10.2. The second kappa shape index (κ2) is 3.38. The first-order valence-corrected chi connectivity index (χ1v) is 3.14. The van der Waals surface area contributed by atoms with Gasteiger partial charge in [0.2, 0.25) is 0 Å². The van der Waals surface area contributed by atoms with Crippen molar-refractivity contribution < 1.29 is 9.53 Å². The number of morpholine rings is 1. The minimum absolute atomic E-state index is 0.625. The topological polar surface area (TPSA) is 65.4 Å². The average Bonchev–Trinajstić information content (AvgIpc) is 1.88. The van der Waals surface area contributed by atoms with Crippen LogP contribution in [0.3, 0.4) is 0 Å². The summed E-state index contributed by atoms with van der Waals surface area (Å²) in [5.74, 6) is 0. The van der Waals surface area contributed by atoms with Crippen LogP contribution in [0.4, 0.5) is 4.79 Å². The molecule has 2 N–H and O–H groups in total. The monoisotopic (exact) mass is 144 g/mol. The summed E-state index contributed by atoms with van der Waals surface area (Å²) in [4.78, 5) is 10.2. The van der Waals surface area contributed by atoms with E-state index in [2.05, 4.69) is 5.43 Å². The fourth-order valence-corrected chi connectivity index (χ4v) is 0.819. The Balaban J connectivity index is 2.19. The summed E-state index contributed by atoms with van der Waals surface area (Å²) in [7, 11) is 0. The van der Waals surface area contributed by atoms with Crippen LogP contribution in [0.15, 0.2) is 0 Å². The van der Waals surface area contributed by atoms with Gasteiger partial charge in [-0.25, -0.2) is 15.5 Å². The Labute approximate surface area is 59.1 Å². The molecule has 1 fully saturated rings. The molecule has 1 saturated heterocycles. The smallest absolute Gasteiger partial charge is 0.348 e. The number of hydrazine groups is 1. The molecule has 0 saturated carbocycles. The molecule has 1 aliphatic heterocycles. The van der Waals surface area contributed by atoms with Crippen LogP contribution in [0.25, 0.3) is 0 Å². The molecular weight excluding hydrogens is 134 g/mol. The van der Waals surface area contributed by atoms with Gasteiger partial charge in [-0.1, -0.05) is 0 Å². The van der Waals surface area contributed by atoms with Crippen LogP contribution < -0.4 is 11.2 Å². The molecule has 0 atom stereocenters. The van der Waals surface area contributed by atoms with Crippen LogP contribution in [0.1, 0.15) is 0 Å². The normalized spacial score (nSPS) is 20.4. The zero-order chi connectivity index (χ0) is 7.40. The molecule has 0 unspecified atom stereocenters. The zero-order valence-electron chi connectivity index (χ0n) is 5.59. The van der Waals surface area contributed by atoms with Crippen molar-refractivity contribution in [3.8, 4) is 0 Å². The van der Waals surface area contributed by atoms with Crippen LogP contribution in [0, 0.1) is 0 Å². The van der Waals surface area contributed by atoms with Crippen molar-refractivity contribution in [1.29, 1.82) is 0 Å². The number of hydrogen-bond donors (Lipinski definition) is 1. The third-order valence-corrected chi connectivity index (χ3v) is 1.27. The predicted octanol–water partition coefficient (Wildman–Crippen LogP) is -0.774. The lowest BCUT2D eigenvalue weighted by Crippen LogP contribution is -2.48. The summed E-state index contributed by atoms with van der Waals surface area (Å²) in [6.45, 7) is 2.59. The Morgan fingerprint density at radius 1 is 1.50 bits per heavy atom. The largest absolute Gasteiger partial charge is 0.379 e. The molecule has 0 bridgehead atoms. The number of carbonyl (C=O) groups is 1. The number of carbonyl (C=O) groups excluding carboxylic acids is 1. The minimum atomic E-state index is -0.762. The molecule has 5 heteroatoms. The molecule has 5 nitrogen and oxygen atoms in total. The van der Waals surface area contributed by atoms with Crippen molar-refractivity contribution >= 4 is 6.03 Å². The third kappa shape index (κ3) is 2.20. The van der Waals surface area contributed by atoms with Gasteiger partial charge >= 0.3 is 6.03 Å². The Hall–Kier alpha value is -0.810. The molecule has 1 rings (SSSR count). The highest BCUT2D eigenvalue weighted by Crippen LogP contribution is 1.90. The molecule has 10 heavy (non-hydrogen) atoms. The van der Waals surface area contributed by atoms with Crippen molar-refractivity contribution in [1.82, 2.24) is 16.2 Å². The number of hydrogen-bond acceptors (Lipinski definition) is 3. The van der Waals surface area contributed by atoms with Gasteiger partial charge in [-0.15, -0.1) is 0 Å². The first-order valence-electron chi connectivity index (χ1n) is 3.14.